The number of halogens is 2. The van der Waals surface area contributed by atoms with Crippen molar-refractivity contribution in [1.82, 2.24) is 9.97 Å². The molecule has 0 amide bonds. The molecule has 7 heteroatoms. The van der Waals surface area contributed by atoms with E-state index in [-0.39, 0.29) is 5.82 Å². The molecule has 110 valence electrons. The number of rotatable bonds is 3. The minimum absolute atomic E-state index is 0.272. The highest BCUT2D eigenvalue weighted by atomic mass is 19.2. The Morgan fingerprint density at radius 2 is 1.91 bits per heavy atom. The van der Waals surface area contributed by atoms with Gasteiger partial charge in [0.25, 0.3) is 5.82 Å². The Kier molecular flexibility index (Phi) is 3.71. The molecule has 0 radical (unpaired) electrons. The van der Waals surface area contributed by atoms with Crippen LogP contribution >= 0.6 is 0 Å². The summed E-state index contributed by atoms with van der Waals surface area (Å²) in [6.45, 7) is 3.89. The number of pyridine rings is 3. The van der Waals surface area contributed by atoms with Crippen molar-refractivity contribution >= 4 is 30.1 Å². The maximum absolute atomic E-state index is 13.0. The number of hydrogen-bond donors (Lipinski definition) is 1. The van der Waals surface area contributed by atoms with Gasteiger partial charge < -0.3 is 0 Å². The van der Waals surface area contributed by atoms with Gasteiger partial charge in [0.2, 0.25) is 5.82 Å². The molecule has 0 aliphatic carbocycles. The van der Waals surface area contributed by atoms with Gasteiger partial charge in [0.15, 0.2) is 5.65 Å². The number of aromatic nitrogens is 3. The highest BCUT2D eigenvalue weighted by Crippen LogP contribution is 2.19. The number of hydrogen-bond acceptors (Lipinski definition) is 3. The molecule has 3 rings (SSSR count). The highest BCUT2D eigenvalue weighted by Gasteiger charge is 2.28. The van der Waals surface area contributed by atoms with E-state index in [1.807, 2.05) is 26.0 Å². The molecule has 4 nitrogen and oxygen atoms in total. The van der Waals surface area contributed by atoms with Gasteiger partial charge in [-0.3, -0.25) is 0 Å². The van der Waals surface area contributed by atoms with Crippen LogP contribution in [0.3, 0.4) is 0 Å². The molecule has 0 fully saturated rings. The minimum atomic E-state index is -2.62. The van der Waals surface area contributed by atoms with Gasteiger partial charge in [-0.05, 0) is 37.6 Å². The molecule has 0 spiro atoms. The number of anilines is 2. The first-order valence-corrected chi connectivity index (χ1v) is 6.85. The summed E-state index contributed by atoms with van der Waals surface area (Å²) >= 11 is 0. The molecule has 0 bridgehead atoms. The second-order valence-electron chi connectivity index (χ2n) is 5.04. The van der Waals surface area contributed by atoms with E-state index in [0.29, 0.717) is 11.5 Å². The summed E-state index contributed by atoms with van der Waals surface area (Å²) < 4.78 is 26.8. The van der Waals surface area contributed by atoms with Gasteiger partial charge in [0.1, 0.15) is 0 Å². The van der Waals surface area contributed by atoms with Crippen molar-refractivity contribution in [3.63, 3.8) is 0 Å². The molecule has 0 saturated heterocycles. The number of aryl methyl sites for hydroxylation is 2. The summed E-state index contributed by atoms with van der Waals surface area (Å²) in [5.74, 6) is 0.749. The monoisotopic (exact) mass is 299 g/mol. The van der Waals surface area contributed by atoms with Crippen molar-refractivity contribution in [2.24, 2.45) is 0 Å². The van der Waals surface area contributed by atoms with Crippen LogP contribution in [0.4, 0.5) is 20.3 Å². The number of nitrogens with one attached hydrogen (secondary N) is 1. The van der Waals surface area contributed by atoms with Crippen LogP contribution in [-0.2, 0) is 0 Å². The Balaban J connectivity index is 2.02. The molecule has 0 saturated carbocycles. The van der Waals surface area contributed by atoms with Crippen molar-refractivity contribution in [2.75, 3.05) is 5.32 Å². The van der Waals surface area contributed by atoms with Gasteiger partial charge in [-0.15, -0.1) is 0 Å². The van der Waals surface area contributed by atoms with Crippen LogP contribution < -0.4 is 9.79 Å². The molecule has 1 N–H and O–H groups in total. The molecule has 0 aliphatic rings. The van der Waals surface area contributed by atoms with Crippen molar-refractivity contribution in [3.8, 4) is 0 Å². The van der Waals surface area contributed by atoms with E-state index < -0.39 is 7.40 Å². The maximum atomic E-state index is 13.0. The fourth-order valence-electron chi connectivity index (χ4n) is 2.36. The van der Waals surface area contributed by atoms with E-state index in [1.54, 1.807) is 24.3 Å². The third kappa shape index (κ3) is 2.74. The van der Waals surface area contributed by atoms with Gasteiger partial charge in [-0.2, -0.15) is 4.98 Å². The van der Waals surface area contributed by atoms with Crippen molar-refractivity contribution in [3.05, 3.63) is 53.9 Å². The minimum Gasteiger partial charge on any atom is -0.240 e. The van der Waals surface area contributed by atoms with Gasteiger partial charge >= 0.3 is 7.40 Å². The zero-order chi connectivity index (χ0) is 15.7. The molecular formula is C15H14BF2N4+. The van der Waals surface area contributed by atoms with Crippen LogP contribution in [0.5, 0.6) is 0 Å². The third-order valence-corrected chi connectivity index (χ3v) is 3.36. The van der Waals surface area contributed by atoms with Crippen LogP contribution in [0.2, 0.25) is 0 Å². The lowest BCUT2D eigenvalue weighted by Crippen LogP contribution is -2.47. The largest absolute Gasteiger partial charge is 0.808 e. The third-order valence-electron chi connectivity index (χ3n) is 3.36. The van der Waals surface area contributed by atoms with Crippen molar-refractivity contribution in [1.29, 1.82) is 0 Å². The second kappa shape index (κ2) is 5.67. The lowest BCUT2D eigenvalue weighted by molar-refractivity contribution is -0.538. The highest BCUT2D eigenvalue weighted by molar-refractivity contribution is 6.32. The summed E-state index contributed by atoms with van der Waals surface area (Å²) in [4.78, 5) is 8.80. The molecule has 22 heavy (non-hydrogen) atoms. The predicted octanol–water partition coefficient (Wildman–Crippen LogP) is 3.05. The first-order chi connectivity index (χ1) is 10.5. The lowest BCUT2D eigenvalue weighted by Gasteiger charge is -2.06. The van der Waals surface area contributed by atoms with Crippen LogP contribution in [-0.4, -0.2) is 17.4 Å². The second-order valence-corrected chi connectivity index (χ2v) is 5.04. The quantitative estimate of drug-likeness (QED) is 0.756. The number of nitrogens with zero attached hydrogens (tertiary/aromatic N) is 3. The van der Waals surface area contributed by atoms with E-state index in [4.69, 9.17) is 0 Å². The molecule has 3 aromatic heterocycles. The Morgan fingerprint density at radius 3 is 2.68 bits per heavy atom. The van der Waals surface area contributed by atoms with Gasteiger partial charge in [0.05, 0.1) is 6.20 Å². The first-order valence-electron chi connectivity index (χ1n) is 6.85. The van der Waals surface area contributed by atoms with E-state index in [1.165, 1.54) is 6.20 Å². The van der Waals surface area contributed by atoms with Crippen LogP contribution in [0.25, 0.3) is 11.0 Å². The fraction of sp³-hybridized carbons (Fsp3) is 0.133. The normalized spacial score (nSPS) is 10.7. The van der Waals surface area contributed by atoms with E-state index >= 15 is 0 Å². The molecule has 0 aromatic carbocycles. The standard InChI is InChI=1S/C15H13BF2N4/c1-10-9-11(2)19-15-12(10)6-7-13(21-15)20-14-5-3-4-8-22(14)16(17)18/h3-9H,1-2H3/p+1. The SMILES string of the molecule is Cc1cc(C)c2ccc(Nc3cccc[n+]3B(F)F)nc2n1. The van der Waals surface area contributed by atoms with Gasteiger partial charge in [-0.25, -0.2) is 23.4 Å². The summed E-state index contributed by atoms with van der Waals surface area (Å²) in [6, 6.07) is 10.5. The zero-order valence-corrected chi connectivity index (χ0v) is 12.2. The average Bonchev–Trinajstić information content (AvgIpc) is 2.47. The van der Waals surface area contributed by atoms with Crippen LogP contribution in [0.15, 0.2) is 42.6 Å². The maximum Gasteiger partial charge on any atom is 0.808 e. The van der Waals surface area contributed by atoms with Crippen LogP contribution in [0.1, 0.15) is 11.3 Å². The van der Waals surface area contributed by atoms with Crippen LogP contribution in [0, 0.1) is 13.8 Å². The van der Waals surface area contributed by atoms with Crippen molar-refractivity contribution < 1.29 is 13.1 Å². The van der Waals surface area contributed by atoms with Crippen molar-refractivity contribution in [2.45, 2.75) is 13.8 Å². The van der Waals surface area contributed by atoms with E-state index in [0.717, 1.165) is 21.1 Å². The van der Waals surface area contributed by atoms with E-state index in [2.05, 4.69) is 15.3 Å². The lowest BCUT2D eigenvalue weighted by atomic mass is 10.1. The van der Waals surface area contributed by atoms with Gasteiger partial charge in [-0.1, -0.05) is 6.07 Å². The first kappa shape index (κ1) is 14.4. The molecular weight excluding hydrogens is 285 g/mol. The Morgan fingerprint density at radius 1 is 1.09 bits per heavy atom. The molecule has 0 aliphatic heterocycles. The zero-order valence-electron chi connectivity index (χ0n) is 12.2. The Hall–Kier alpha value is -2.57. The summed E-state index contributed by atoms with van der Waals surface area (Å²) in [6.07, 6.45) is 1.32. The number of fused-ring (bicyclic) bond motifs is 1. The van der Waals surface area contributed by atoms with Gasteiger partial charge in [0, 0.05) is 23.2 Å². The summed E-state index contributed by atoms with van der Waals surface area (Å²) in [7, 11) is -2.62. The molecule has 3 aromatic rings. The Labute approximate surface area is 127 Å². The molecule has 3 heterocycles. The molecule has 0 unspecified atom stereocenters. The summed E-state index contributed by atoms with van der Waals surface area (Å²) in [5, 5.41) is 3.87. The van der Waals surface area contributed by atoms with E-state index in [9.17, 15) is 8.63 Å². The predicted molar refractivity (Wildman–Crippen MR) is 82.3 cm³/mol. The summed E-state index contributed by atoms with van der Waals surface area (Å²) in [5.41, 5.74) is 2.56. The average molecular weight is 299 g/mol. The smallest absolute Gasteiger partial charge is 0.240 e. The molecule has 0 atom stereocenters. The topological polar surface area (TPSA) is 41.7 Å². The Bertz CT molecular complexity index is 839. The fourth-order valence-corrected chi connectivity index (χ4v) is 2.36.